The fraction of sp³-hybridized carbons (Fsp3) is 0.0312. The van der Waals surface area contributed by atoms with Crippen molar-refractivity contribution in [3.63, 3.8) is 0 Å². The molecule has 11 nitrogen and oxygen atoms in total. The van der Waals surface area contributed by atoms with Gasteiger partial charge in [-0.15, -0.1) is 0 Å². The van der Waals surface area contributed by atoms with Crippen LogP contribution in [-0.4, -0.2) is 32.9 Å². The highest BCUT2D eigenvalue weighted by Crippen LogP contribution is 2.33. The molecule has 2 heterocycles. The number of benzene rings is 10. The first-order valence-electron chi connectivity index (χ1n) is 24.4. The summed E-state index contributed by atoms with van der Waals surface area (Å²) in [4.78, 5) is 18.5. The number of rotatable bonds is 15. The summed E-state index contributed by atoms with van der Waals surface area (Å²) in [6, 6.07) is 71.7. The molecule has 0 saturated heterocycles. The van der Waals surface area contributed by atoms with Crippen molar-refractivity contribution in [1.82, 2.24) is 19.9 Å². The van der Waals surface area contributed by atoms with Gasteiger partial charge < -0.3 is 18.9 Å². The Morgan fingerprint density at radius 3 is 1.17 bits per heavy atom. The highest BCUT2D eigenvalue weighted by Gasteiger charge is 2.18. The lowest BCUT2D eigenvalue weighted by atomic mass is 10.0. The Morgan fingerprint density at radius 2 is 0.750 bits per heavy atom. The summed E-state index contributed by atoms with van der Waals surface area (Å²) in [7, 11) is -4.66. The lowest BCUT2D eigenvalue weighted by molar-refractivity contribution is 0.409. The fourth-order valence-corrected chi connectivity index (χ4v) is 9.79. The third kappa shape index (κ3) is 11.1. The van der Waals surface area contributed by atoms with Crippen LogP contribution in [0.2, 0.25) is 0 Å². The van der Waals surface area contributed by atoms with Gasteiger partial charge in [0.1, 0.15) is 27.9 Å². The maximum atomic E-state index is 13.0. The number of fused-ring (bicyclic) bond motifs is 4. The van der Waals surface area contributed by atoms with Crippen LogP contribution in [0.15, 0.2) is 229 Å². The predicted octanol–water partition coefficient (Wildman–Crippen LogP) is 15.6. The first-order valence-corrected chi connectivity index (χ1v) is 25.9. The van der Waals surface area contributed by atoms with Crippen molar-refractivity contribution in [1.29, 1.82) is 0 Å². The summed E-state index contributed by atoms with van der Waals surface area (Å²) in [5, 5.41) is 8.37. The molecule has 2 aromatic heterocycles. The lowest BCUT2D eigenvalue weighted by Crippen LogP contribution is -2.04. The Balaban J connectivity index is 0.786. The molecule has 0 saturated carbocycles. The maximum Gasteiger partial charge on any atom is 0.325 e. The molecule has 12 aromatic rings. The molecule has 0 aliphatic rings. The molecule has 0 amide bonds. The first-order chi connectivity index (χ1) is 37.1. The zero-order chi connectivity index (χ0) is 51.4. The molecule has 0 fully saturated rings. The van der Waals surface area contributed by atoms with Gasteiger partial charge in [0.05, 0.1) is 11.4 Å². The third-order valence-corrected chi connectivity index (χ3v) is 13.7. The highest BCUT2D eigenvalue weighted by atomic mass is 32.2. The molecule has 1 N–H and O–H groups in total. The zero-order valence-electron chi connectivity index (χ0n) is 40.5. The van der Waals surface area contributed by atoms with Crippen LogP contribution in [0.1, 0.15) is 33.6 Å². The summed E-state index contributed by atoms with van der Waals surface area (Å²) in [5.74, 6) is 2.89. The second kappa shape index (κ2) is 20.6. The van der Waals surface area contributed by atoms with Gasteiger partial charge in [-0.3, -0.25) is 4.55 Å². The van der Waals surface area contributed by atoms with Gasteiger partial charge in [-0.2, -0.15) is 28.4 Å². The van der Waals surface area contributed by atoms with Crippen LogP contribution in [-0.2, 0) is 23.0 Å². The van der Waals surface area contributed by atoms with Crippen LogP contribution in [0.5, 0.6) is 46.8 Å². The molecule has 0 bridgehead atoms. The van der Waals surface area contributed by atoms with E-state index in [9.17, 15) is 13.0 Å². The molecule has 76 heavy (non-hydrogen) atoms. The summed E-state index contributed by atoms with van der Waals surface area (Å²) < 4.78 is 61.6. The first kappa shape index (κ1) is 47.3. The standard InChI is InChI=1S/C64H44N4O7S/c69-76(70,71)60-35-44(34-55-41-62(73-57-30-26-46-10-2-6-14-51(46)37-57)68-64(66-55)75-59-32-28-48-12-4-8-16-53(48)39-59)22-24-49(60)23-21-42-17-19-43(20-18-42)33-54-40-61(72-56-29-25-45-9-1-5-13-50(45)36-56)67-63(65-54)74-58-31-27-47-11-3-7-15-52(47)38-58/h1-32,35-41H,33-34H2,(H,69,70,71). The molecule has 0 aliphatic carbocycles. The van der Waals surface area contributed by atoms with Crippen LogP contribution < -0.4 is 18.9 Å². The predicted molar refractivity (Wildman–Crippen MR) is 297 cm³/mol. The minimum Gasteiger partial charge on any atom is -0.439 e. The summed E-state index contributed by atoms with van der Waals surface area (Å²) >= 11 is 0. The van der Waals surface area contributed by atoms with Gasteiger partial charge in [-0.1, -0.05) is 170 Å². The average molecular weight is 1010 g/mol. The van der Waals surface area contributed by atoms with Crippen molar-refractivity contribution in [2.45, 2.75) is 17.7 Å². The second-order valence-electron chi connectivity index (χ2n) is 18.2. The minimum atomic E-state index is -4.66. The molecule has 12 rings (SSSR count). The van der Waals surface area contributed by atoms with E-state index in [1.165, 1.54) is 6.07 Å². The Hall–Kier alpha value is -9.75. The van der Waals surface area contributed by atoms with E-state index in [4.69, 9.17) is 28.9 Å². The quantitative estimate of drug-likeness (QED) is 0.0774. The van der Waals surface area contributed by atoms with E-state index < -0.39 is 10.1 Å². The van der Waals surface area contributed by atoms with E-state index in [0.29, 0.717) is 57.8 Å². The molecule has 368 valence electrons. The number of aromatic nitrogens is 4. The third-order valence-electron chi connectivity index (χ3n) is 12.8. The van der Waals surface area contributed by atoms with Gasteiger partial charge in [-0.25, -0.2) is 0 Å². The fourth-order valence-electron chi connectivity index (χ4n) is 9.05. The van der Waals surface area contributed by atoms with Crippen LogP contribution >= 0.6 is 0 Å². The molecule has 0 radical (unpaired) electrons. The largest absolute Gasteiger partial charge is 0.439 e. The summed E-state index contributed by atoms with van der Waals surface area (Å²) in [6.07, 6.45) is 4.05. The van der Waals surface area contributed by atoms with E-state index >= 15 is 0 Å². The van der Waals surface area contributed by atoms with Gasteiger partial charge in [-0.05, 0) is 120 Å². The minimum absolute atomic E-state index is 0.0488. The summed E-state index contributed by atoms with van der Waals surface area (Å²) in [6.45, 7) is 0. The van der Waals surface area contributed by atoms with Gasteiger partial charge in [0, 0.05) is 25.0 Å². The number of hydrogen-bond acceptors (Lipinski definition) is 10. The van der Waals surface area contributed by atoms with E-state index in [1.54, 1.807) is 36.4 Å². The molecular formula is C64H44N4O7S. The van der Waals surface area contributed by atoms with E-state index in [0.717, 1.165) is 54.2 Å². The van der Waals surface area contributed by atoms with Crippen LogP contribution in [0.25, 0.3) is 55.2 Å². The second-order valence-corrected chi connectivity index (χ2v) is 19.6. The number of hydrogen-bond donors (Lipinski definition) is 1. The van der Waals surface area contributed by atoms with Crippen molar-refractivity contribution >= 4 is 65.4 Å². The Labute approximate surface area is 437 Å². The van der Waals surface area contributed by atoms with Crippen molar-refractivity contribution < 1.29 is 31.9 Å². The van der Waals surface area contributed by atoms with Crippen LogP contribution in [0.4, 0.5) is 0 Å². The Bertz CT molecular complexity index is 4100. The molecule has 0 unspecified atom stereocenters. The molecule has 10 aromatic carbocycles. The van der Waals surface area contributed by atoms with Gasteiger partial charge >= 0.3 is 12.0 Å². The van der Waals surface area contributed by atoms with E-state index in [-0.39, 0.29) is 29.2 Å². The smallest absolute Gasteiger partial charge is 0.325 e. The summed E-state index contributed by atoms with van der Waals surface area (Å²) in [5.41, 5.74) is 3.80. The maximum absolute atomic E-state index is 13.0. The van der Waals surface area contributed by atoms with Crippen molar-refractivity contribution in [2.24, 2.45) is 0 Å². The average Bonchev–Trinajstić information content (AvgIpc) is 3.44. The molecule has 0 spiro atoms. The number of nitrogens with zero attached hydrogens (tertiary/aromatic N) is 4. The number of ether oxygens (including phenoxy) is 4. The Morgan fingerprint density at radius 1 is 0.368 bits per heavy atom. The SMILES string of the molecule is O=S(=O)(O)c1cc(Cc2cc(Oc3ccc4ccccc4c3)nc(Oc3ccc4ccccc4c3)n2)ccc1C=Cc1ccc(Cc2cc(Oc3ccc4ccccc4c3)nc(Oc3ccc4ccccc4c3)n2)cc1. The molecule has 0 atom stereocenters. The molecule has 12 heteroatoms. The van der Waals surface area contributed by atoms with Crippen LogP contribution in [0, 0.1) is 0 Å². The molecule has 0 aliphatic heterocycles. The van der Waals surface area contributed by atoms with Crippen LogP contribution in [0.3, 0.4) is 0 Å². The molecular weight excluding hydrogens is 969 g/mol. The van der Waals surface area contributed by atoms with Crippen molar-refractivity contribution in [2.75, 3.05) is 0 Å². The van der Waals surface area contributed by atoms with E-state index in [2.05, 4.69) is 16.0 Å². The topological polar surface area (TPSA) is 143 Å². The normalized spacial score (nSPS) is 11.6. The van der Waals surface area contributed by atoms with Crippen molar-refractivity contribution in [3.8, 4) is 46.8 Å². The van der Waals surface area contributed by atoms with Gasteiger partial charge in [0.25, 0.3) is 10.1 Å². The van der Waals surface area contributed by atoms with Gasteiger partial charge in [0.2, 0.25) is 11.8 Å². The van der Waals surface area contributed by atoms with Gasteiger partial charge in [0.15, 0.2) is 0 Å². The highest BCUT2D eigenvalue weighted by molar-refractivity contribution is 7.86. The van der Waals surface area contributed by atoms with Crippen molar-refractivity contribution in [3.05, 3.63) is 258 Å². The Kier molecular flexibility index (Phi) is 12.8. The lowest BCUT2D eigenvalue weighted by Gasteiger charge is -2.12. The zero-order valence-corrected chi connectivity index (χ0v) is 41.3. The van der Waals surface area contributed by atoms with E-state index in [1.807, 2.05) is 188 Å². The monoisotopic (exact) mass is 1010 g/mol.